The third-order valence-corrected chi connectivity index (χ3v) is 2.55. The Hall–Kier alpha value is -2.28. The Bertz CT molecular complexity index is 593. The standard InChI is InChI=1S/C13H12FN3/c1-3-7-17-9(2)16-12(13(17)15)10-5-4-6-11(14)8-10/h1,4-6,8H,7,15H2,2H3. The van der Waals surface area contributed by atoms with E-state index in [0.29, 0.717) is 23.6 Å². The second-order valence-corrected chi connectivity index (χ2v) is 3.69. The van der Waals surface area contributed by atoms with Gasteiger partial charge in [0.1, 0.15) is 23.2 Å². The lowest BCUT2D eigenvalue weighted by Gasteiger charge is -2.03. The molecular formula is C13H12FN3. The van der Waals surface area contributed by atoms with Crippen molar-refractivity contribution >= 4 is 5.82 Å². The highest BCUT2D eigenvalue weighted by Gasteiger charge is 2.13. The van der Waals surface area contributed by atoms with Crippen LogP contribution in [0.15, 0.2) is 24.3 Å². The van der Waals surface area contributed by atoms with Gasteiger partial charge in [0.15, 0.2) is 0 Å². The molecule has 86 valence electrons. The SMILES string of the molecule is C#CCn1c(C)nc(-c2cccc(F)c2)c1N. The van der Waals surface area contributed by atoms with Crippen LogP contribution in [0.2, 0.25) is 0 Å². The highest BCUT2D eigenvalue weighted by molar-refractivity contribution is 5.71. The van der Waals surface area contributed by atoms with Crippen LogP contribution in [0.5, 0.6) is 0 Å². The second-order valence-electron chi connectivity index (χ2n) is 3.69. The Labute approximate surface area is 99.1 Å². The van der Waals surface area contributed by atoms with E-state index < -0.39 is 0 Å². The van der Waals surface area contributed by atoms with Gasteiger partial charge in [-0.1, -0.05) is 18.1 Å². The number of terminal acetylenes is 1. The fraction of sp³-hybridized carbons (Fsp3) is 0.154. The summed E-state index contributed by atoms with van der Waals surface area (Å²) in [5.41, 5.74) is 7.18. The Morgan fingerprint density at radius 3 is 2.94 bits per heavy atom. The number of rotatable bonds is 2. The monoisotopic (exact) mass is 229 g/mol. The van der Waals surface area contributed by atoms with Gasteiger partial charge in [0.2, 0.25) is 0 Å². The van der Waals surface area contributed by atoms with Gasteiger partial charge >= 0.3 is 0 Å². The molecule has 1 aromatic carbocycles. The van der Waals surface area contributed by atoms with Crippen LogP contribution in [0.1, 0.15) is 5.82 Å². The van der Waals surface area contributed by atoms with E-state index >= 15 is 0 Å². The first kappa shape index (κ1) is 11.2. The molecule has 0 aliphatic rings. The van der Waals surface area contributed by atoms with Crippen LogP contribution in [0.4, 0.5) is 10.2 Å². The van der Waals surface area contributed by atoms with Gasteiger partial charge in [-0.25, -0.2) is 9.37 Å². The number of aromatic nitrogens is 2. The molecule has 0 atom stereocenters. The van der Waals surface area contributed by atoms with Crippen LogP contribution in [0, 0.1) is 25.1 Å². The number of nitrogens with zero attached hydrogens (tertiary/aromatic N) is 2. The van der Waals surface area contributed by atoms with E-state index in [2.05, 4.69) is 10.9 Å². The van der Waals surface area contributed by atoms with Gasteiger partial charge in [-0.15, -0.1) is 6.42 Å². The molecule has 0 bridgehead atoms. The zero-order chi connectivity index (χ0) is 12.4. The topological polar surface area (TPSA) is 43.8 Å². The molecule has 0 unspecified atom stereocenters. The molecule has 2 aromatic rings. The molecule has 0 aliphatic heterocycles. The Morgan fingerprint density at radius 1 is 1.53 bits per heavy atom. The Balaban J connectivity index is 2.54. The largest absolute Gasteiger partial charge is 0.383 e. The predicted octanol–water partition coefficient (Wildman–Crippen LogP) is 2.21. The number of hydrogen-bond donors (Lipinski definition) is 1. The number of hydrogen-bond acceptors (Lipinski definition) is 2. The molecule has 2 rings (SSSR count). The average Bonchev–Trinajstić information content (AvgIpc) is 2.57. The maximum absolute atomic E-state index is 13.1. The zero-order valence-electron chi connectivity index (χ0n) is 9.44. The van der Waals surface area contributed by atoms with Gasteiger partial charge in [0.25, 0.3) is 0 Å². The molecule has 3 nitrogen and oxygen atoms in total. The van der Waals surface area contributed by atoms with E-state index in [4.69, 9.17) is 12.2 Å². The van der Waals surface area contributed by atoms with E-state index in [-0.39, 0.29) is 5.82 Å². The van der Waals surface area contributed by atoms with E-state index in [1.807, 2.05) is 6.92 Å². The first-order valence-corrected chi connectivity index (χ1v) is 5.15. The smallest absolute Gasteiger partial charge is 0.132 e. The van der Waals surface area contributed by atoms with Gasteiger partial charge in [-0.05, 0) is 19.1 Å². The zero-order valence-corrected chi connectivity index (χ0v) is 9.44. The molecule has 0 radical (unpaired) electrons. The third kappa shape index (κ3) is 2.00. The maximum atomic E-state index is 13.1. The summed E-state index contributed by atoms with van der Waals surface area (Å²) >= 11 is 0. The third-order valence-electron chi connectivity index (χ3n) is 2.55. The van der Waals surface area contributed by atoms with Crippen molar-refractivity contribution in [2.45, 2.75) is 13.5 Å². The summed E-state index contributed by atoms with van der Waals surface area (Å²) in [6.45, 7) is 2.18. The molecule has 0 saturated carbocycles. The van der Waals surface area contributed by atoms with Crippen LogP contribution in [0.25, 0.3) is 11.3 Å². The van der Waals surface area contributed by atoms with Crippen LogP contribution >= 0.6 is 0 Å². The van der Waals surface area contributed by atoms with Crippen LogP contribution in [-0.4, -0.2) is 9.55 Å². The molecular weight excluding hydrogens is 217 g/mol. The minimum atomic E-state index is -0.314. The lowest BCUT2D eigenvalue weighted by atomic mass is 10.1. The highest BCUT2D eigenvalue weighted by atomic mass is 19.1. The molecule has 0 fully saturated rings. The summed E-state index contributed by atoms with van der Waals surface area (Å²) < 4.78 is 14.9. The number of anilines is 1. The summed E-state index contributed by atoms with van der Waals surface area (Å²) in [6, 6.07) is 6.17. The number of nitrogens with two attached hydrogens (primary N) is 1. The molecule has 1 aromatic heterocycles. The van der Waals surface area contributed by atoms with E-state index in [1.54, 1.807) is 16.7 Å². The molecule has 0 aliphatic carbocycles. The van der Waals surface area contributed by atoms with Crippen molar-refractivity contribution in [1.82, 2.24) is 9.55 Å². The minimum absolute atomic E-state index is 0.314. The lowest BCUT2D eigenvalue weighted by Crippen LogP contribution is -2.03. The number of benzene rings is 1. The average molecular weight is 229 g/mol. The van der Waals surface area contributed by atoms with Gasteiger partial charge in [-0.3, -0.25) is 0 Å². The predicted molar refractivity (Wildman–Crippen MR) is 65.6 cm³/mol. The molecule has 2 N–H and O–H groups in total. The van der Waals surface area contributed by atoms with E-state index in [1.165, 1.54) is 12.1 Å². The molecule has 0 spiro atoms. The number of aryl methyl sites for hydroxylation is 1. The molecule has 0 saturated heterocycles. The maximum Gasteiger partial charge on any atom is 0.132 e. The fourth-order valence-corrected chi connectivity index (χ4v) is 1.72. The number of halogens is 1. The summed E-state index contributed by atoms with van der Waals surface area (Å²) in [5.74, 6) is 3.38. The van der Waals surface area contributed by atoms with Gasteiger partial charge < -0.3 is 10.3 Å². The van der Waals surface area contributed by atoms with Gasteiger partial charge in [0.05, 0.1) is 6.54 Å². The van der Waals surface area contributed by atoms with Crippen LogP contribution in [0.3, 0.4) is 0 Å². The first-order valence-electron chi connectivity index (χ1n) is 5.15. The molecule has 0 amide bonds. The number of imidazole rings is 1. The number of nitrogen functional groups attached to an aromatic ring is 1. The van der Waals surface area contributed by atoms with Crippen molar-refractivity contribution in [3.63, 3.8) is 0 Å². The molecule has 4 heteroatoms. The van der Waals surface area contributed by atoms with Crippen molar-refractivity contribution in [3.8, 4) is 23.6 Å². The normalized spacial score (nSPS) is 10.2. The molecule has 17 heavy (non-hydrogen) atoms. The van der Waals surface area contributed by atoms with Crippen molar-refractivity contribution in [1.29, 1.82) is 0 Å². The fourth-order valence-electron chi connectivity index (χ4n) is 1.72. The summed E-state index contributed by atoms with van der Waals surface area (Å²) in [6.07, 6.45) is 5.26. The molecule has 1 heterocycles. The van der Waals surface area contributed by atoms with Gasteiger partial charge in [-0.2, -0.15) is 0 Å². The lowest BCUT2D eigenvalue weighted by molar-refractivity contribution is 0.628. The minimum Gasteiger partial charge on any atom is -0.383 e. The van der Waals surface area contributed by atoms with E-state index in [9.17, 15) is 4.39 Å². The summed E-state index contributed by atoms with van der Waals surface area (Å²) in [5, 5.41) is 0. The van der Waals surface area contributed by atoms with Crippen LogP contribution < -0.4 is 5.73 Å². The summed E-state index contributed by atoms with van der Waals surface area (Å²) in [7, 11) is 0. The van der Waals surface area contributed by atoms with Crippen molar-refractivity contribution < 1.29 is 4.39 Å². The first-order chi connectivity index (χ1) is 8.13. The second kappa shape index (κ2) is 4.30. The van der Waals surface area contributed by atoms with Crippen molar-refractivity contribution in [3.05, 3.63) is 35.9 Å². The Kier molecular flexibility index (Phi) is 2.84. The van der Waals surface area contributed by atoms with Crippen molar-refractivity contribution in [2.24, 2.45) is 0 Å². The van der Waals surface area contributed by atoms with E-state index in [0.717, 1.165) is 5.82 Å². The van der Waals surface area contributed by atoms with Gasteiger partial charge in [0, 0.05) is 5.56 Å². The van der Waals surface area contributed by atoms with Crippen molar-refractivity contribution in [2.75, 3.05) is 5.73 Å². The van der Waals surface area contributed by atoms with Crippen LogP contribution in [-0.2, 0) is 6.54 Å². The summed E-state index contributed by atoms with van der Waals surface area (Å²) in [4.78, 5) is 4.32. The highest BCUT2D eigenvalue weighted by Crippen LogP contribution is 2.26. The Morgan fingerprint density at radius 2 is 2.29 bits per heavy atom. The quantitative estimate of drug-likeness (QED) is 0.802.